The van der Waals surface area contributed by atoms with Crippen LogP contribution in [0.1, 0.15) is 43.2 Å². The lowest BCUT2D eigenvalue weighted by molar-refractivity contribution is 0.0689. The Kier molecular flexibility index (Phi) is 5.65. The van der Waals surface area contributed by atoms with Crippen LogP contribution in [-0.2, 0) is 6.54 Å². The van der Waals surface area contributed by atoms with Crippen LogP contribution in [0.2, 0.25) is 0 Å². The van der Waals surface area contributed by atoms with Gasteiger partial charge in [-0.25, -0.2) is 4.79 Å². The van der Waals surface area contributed by atoms with Crippen molar-refractivity contribution in [3.8, 4) is 17.0 Å². The van der Waals surface area contributed by atoms with E-state index in [4.69, 9.17) is 4.74 Å². The van der Waals surface area contributed by atoms with E-state index in [0.717, 1.165) is 29.0 Å². The average molecular weight is 330 g/mol. The van der Waals surface area contributed by atoms with Crippen LogP contribution < -0.4 is 4.74 Å². The minimum atomic E-state index is -1.00. The lowest BCUT2D eigenvalue weighted by Crippen LogP contribution is -2.17. The van der Waals surface area contributed by atoms with E-state index in [1.807, 2.05) is 29.8 Å². The molecule has 5 nitrogen and oxygen atoms in total. The summed E-state index contributed by atoms with van der Waals surface area (Å²) in [7, 11) is 1.63. The molecule has 130 valence electrons. The molecule has 1 aromatic heterocycles. The normalized spacial score (nSPS) is 13.5. The molecule has 0 saturated carbocycles. The molecule has 0 radical (unpaired) electrons. The van der Waals surface area contributed by atoms with Crippen LogP contribution in [0.25, 0.3) is 11.3 Å². The van der Waals surface area contributed by atoms with Gasteiger partial charge in [0.05, 0.1) is 12.8 Å². The highest BCUT2D eigenvalue weighted by atomic mass is 16.5. The number of aromatic carboxylic acids is 1. The summed E-state index contributed by atoms with van der Waals surface area (Å²) < 4.78 is 7.08. The number of nitrogens with zero attached hydrogens (tertiary/aromatic N) is 2. The average Bonchev–Trinajstić information content (AvgIpc) is 2.97. The van der Waals surface area contributed by atoms with Gasteiger partial charge in [-0.1, -0.05) is 27.2 Å². The smallest absolute Gasteiger partial charge is 0.356 e. The van der Waals surface area contributed by atoms with E-state index in [2.05, 4.69) is 25.9 Å². The molecule has 5 heteroatoms. The minimum Gasteiger partial charge on any atom is -0.497 e. The van der Waals surface area contributed by atoms with Crippen molar-refractivity contribution in [3.05, 3.63) is 35.5 Å². The van der Waals surface area contributed by atoms with Crippen LogP contribution in [0.5, 0.6) is 5.75 Å². The van der Waals surface area contributed by atoms with Crippen LogP contribution in [0, 0.1) is 18.8 Å². The molecular weight excluding hydrogens is 304 g/mol. The summed E-state index contributed by atoms with van der Waals surface area (Å²) in [5.74, 6) is 0.743. The summed E-state index contributed by atoms with van der Waals surface area (Å²) in [4.78, 5) is 11.4. The van der Waals surface area contributed by atoms with Crippen molar-refractivity contribution in [1.82, 2.24) is 9.78 Å². The standard InChI is InChI=1S/C19H26N2O3/c1-6-12(2)14(4)11-21-18(10-17(20-21)19(22)23)16-8-7-15(24-5)9-13(16)3/h7-10,12,14H,6,11H2,1-5H3,(H,22,23). The van der Waals surface area contributed by atoms with Crippen LogP contribution >= 0.6 is 0 Å². The number of hydrogen-bond acceptors (Lipinski definition) is 3. The summed E-state index contributed by atoms with van der Waals surface area (Å²) in [6.07, 6.45) is 1.09. The molecule has 2 rings (SSSR count). The van der Waals surface area contributed by atoms with E-state index in [1.165, 1.54) is 0 Å². The Morgan fingerprint density at radius 2 is 2.00 bits per heavy atom. The number of aromatic nitrogens is 2. The number of ether oxygens (including phenoxy) is 1. The number of benzene rings is 1. The van der Waals surface area contributed by atoms with Crippen LogP contribution in [0.4, 0.5) is 0 Å². The highest BCUT2D eigenvalue weighted by Crippen LogP contribution is 2.29. The first-order valence-electron chi connectivity index (χ1n) is 8.33. The summed E-state index contributed by atoms with van der Waals surface area (Å²) in [6.45, 7) is 9.25. The number of hydrogen-bond donors (Lipinski definition) is 1. The maximum atomic E-state index is 11.4. The fourth-order valence-electron chi connectivity index (χ4n) is 2.78. The van der Waals surface area contributed by atoms with Gasteiger partial charge in [0.2, 0.25) is 0 Å². The second-order valence-electron chi connectivity index (χ2n) is 6.45. The SMILES string of the molecule is CCC(C)C(C)Cn1nc(C(=O)O)cc1-c1ccc(OC)cc1C. The Morgan fingerprint density at radius 3 is 2.54 bits per heavy atom. The monoisotopic (exact) mass is 330 g/mol. The first-order valence-corrected chi connectivity index (χ1v) is 8.33. The minimum absolute atomic E-state index is 0.0802. The Hall–Kier alpha value is -2.30. The molecule has 2 aromatic rings. The highest BCUT2D eigenvalue weighted by Gasteiger charge is 2.19. The molecule has 0 bridgehead atoms. The van der Waals surface area contributed by atoms with Crippen LogP contribution in [0.3, 0.4) is 0 Å². The van der Waals surface area contributed by atoms with Gasteiger partial charge >= 0.3 is 5.97 Å². The van der Waals surface area contributed by atoms with E-state index in [-0.39, 0.29) is 5.69 Å². The maximum Gasteiger partial charge on any atom is 0.356 e. The first kappa shape index (κ1) is 18.0. The molecule has 0 spiro atoms. The molecule has 1 aromatic carbocycles. The molecule has 0 aliphatic heterocycles. The van der Waals surface area contributed by atoms with Crippen molar-refractivity contribution in [2.75, 3.05) is 7.11 Å². The van der Waals surface area contributed by atoms with E-state index in [0.29, 0.717) is 18.4 Å². The topological polar surface area (TPSA) is 64.4 Å². The fraction of sp³-hybridized carbons (Fsp3) is 0.474. The summed E-state index contributed by atoms with van der Waals surface area (Å²) in [5, 5.41) is 13.6. The Labute approximate surface area is 143 Å². The predicted molar refractivity (Wildman–Crippen MR) is 94.5 cm³/mol. The molecule has 24 heavy (non-hydrogen) atoms. The second kappa shape index (κ2) is 7.51. The molecule has 0 fully saturated rings. The third-order valence-electron chi connectivity index (χ3n) is 4.78. The molecule has 2 unspecified atom stereocenters. The molecule has 0 aliphatic rings. The Balaban J connectivity index is 2.46. The van der Waals surface area contributed by atoms with Crippen LogP contribution in [0.15, 0.2) is 24.3 Å². The van der Waals surface area contributed by atoms with Gasteiger partial charge < -0.3 is 9.84 Å². The number of rotatable bonds is 7. The number of aryl methyl sites for hydroxylation is 1. The predicted octanol–water partition coefficient (Wildman–Crippen LogP) is 4.25. The lowest BCUT2D eigenvalue weighted by Gasteiger charge is -2.20. The van der Waals surface area contributed by atoms with Crippen molar-refractivity contribution >= 4 is 5.97 Å². The van der Waals surface area contributed by atoms with Gasteiger partial charge in [-0.3, -0.25) is 4.68 Å². The van der Waals surface area contributed by atoms with Gasteiger partial charge in [0, 0.05) is 12.1 Å². The van der Waals surface area contributed by atoms with Gasteiger partial charge in [0.1, 0.15) is 5.75 Å². The molecule has 0 amide bonds. The highest BCUT2D eigenvalue weighted by molar-refractivity contribution is 5.87. The zero-order valence-electron chi connectivity index (χ0n) is 15.0. The number of carboxylic acids is 1. The Bertz CT molecular complexity index is 721. The quantitative estimate of drug-likeness (QED) is 0.824. The lowest BCUT2D eigenvalue weighted by atomic mass is 9.93. The van der Waals surface area contributed by atoms with Crippen molar-refractivity contribution in [1.29, 1.82) is 0 Å². The van der Waals surface area contributed by atoms with Gasteiger partial charge in [0.15, 0.2) is 5.69 Å². The molecule has 1 heterocycles. The van der Waals surface area contributed by atoms with Crippen molar-refractivity contribution in [2.45, 2.75) is 40.7 Å². The van der Waals surface area contributed by atoms with Crippen molar-refractivity contribution < 1.29 is 14.6 Å². The second-order valence-corrected chi connectivity index (χ2v) is 6.45. The number of carbonyl (C=O) groups is 1. The molecule has 0 aliphatic carbocycles. The van der Waals surface area contributed by atoms with Crippen LogP contribution in [-0.4, -0.2) is 28.0 Å². The zero-order chi connectivity index (χ0) is 17.9. The molecule has 2 atom stereocenters. The maximum absolute atomic E-state index is 11.4. The third kappa shape index (κ3) is 3.78. The van der Waals surface area contributed by atoms with Gasteiger partial charge in [-0.2, -0.15) is 5.10 Å². The summed E-state index contributed by atoms with van der Waals surface area (Å²) in [5.41, 5.74) is 2.93. The zero-order valence-corrected chi connectivity index (χ0v) is 15.0. The summed E-state index contributed by atoms with van der Waals surface area (Å²) in [6, 6.07) is 7.45. The van der Waals surface area contributed by atoms with Gasteiger partial charge in [-0.05, 0) is 48.6 Å². The first-order chi connectivity index (χ1) is 11.4. The molecule has 1 N–H and O–H groups in total. The molecule has 0 saturated heterocycles. The largest absolute Gasteiger partial charge is 0.497 e. The Morgan fingerprint density at radius 1 is 1.29 bits per heavy atom. The number of carboxylic acid groups (broad SMARTS) is 1. The van der Waals surface area contributed by atoms with E-state index >= 15 is 0 Å². The third-order valence-corrected chi connectivity index (χ3v) is 4.78. The summed E-state index contributed by atoms with van der Waals surface area (Å²) >= 11 is 0. The van der Waals surface area contributed by atoms with E-state index in [1.54, 1.807) is 13.2 Å². The van der Waals surface area contributed by atoms with E-state index in [9.17, 15) is 9.90 Å². The molecular formula is C19H26N2O3. The van der Waals surface area contributed by atoms with E-state index < -0.39 is 5.97 Å². The number of methoxy groups -OCH3 is 1. The van der Waals surface area contributed by atoms with Crippen molar-refractivity contribution in [2.24, 2.45) is 11.8 Å². The van der Waals surface area contributed by atoms with Gasteiger partial charge in [0.25, 0.3) is 0 Å². The van der Waals surface area contributed by atoms with Gasteiger partial charge in [-0.15, -0.1) is 0 Å². The fourth-order valence-corrected chi connectivity index (χ4v) is 2.78. The van der Waals surface area contributed by atoms with Crippen molar-refractivity contribution in [3.63, 3.8) is 0 Å².